The number of rotatable bonds is 10. The molecule has 1 aromatic carbocycles. The van der Waals surface area contributed by atoms with Crippen LogP contribution in [-0.4, -0.2) is 39.8 Å². The number of ether oxygens (including phenoxy) is 1. The molecule has 3 rings (SSSR count). The Balaban J connectivity index is 1.32. The predicted octanol–water partition coefficient (Wildman–Crippen LogP) is 1.71. The van der Waals surface area contributed by atoms with E-state index in [1.54, 1.807) is 10.6 Å². The number of carbonyl (C=O) groups excluding carboxylic acids is 1. The van der Waals surface area contributed by atoms with Gasteiger partial charge in [-0.15, -0.1) is 0 Å². The molecule has 0 saturated heterocycles. The maximum atomic E-state index is 12.2. The van der Waals surface area contributed by atoms with Gasteiger partial charge in [0.25, 0.3) is 0 Å². The summed E-state index contributed by atoms with van der Waals surface area (Å²) in [6, 6.07) is 7.34. The average Bonchev–Trinajstić information content (AvgIpc) is 3.23. The lowest BCUT2D eigenvalue weighted by atomic mass is 10.3. The summed E-state index contributed by atoms with van der Waals surface area (Å²) in [4.78, 5) is 23.4. The van der Waals surface area contributed by atoms with E-state index in [9.17, 15) is 14.7 Å². The molecule has 0 spiro atoms. The zero-order valence-corrected chi connectivity index (χ0v) is 16.2. The second-order valence-corrected chi connectivity index (χ2v) is 6.94. The van der Waals surface area contributed by atoms with Gasteiger partial charge in [-0.05, 0) is 44.4 Å². The molecule has 8 nitrogen and oxygen atoms in total. The van der Waals surface area contributed by atoms with Gasteiger partial charge in [-0.2, -0.15) is 0 Å². The second kappa shape index (κ2) is 9.45. The van der Waals surface area contributed by atoms with Gasteiger partial charge < -0.3 is 20.5 Å². The first-order valence-corrected chi connectivity index (χ1v) is 9.79. The number of para-hydroxylation sites is 2. The van der Waals surface area contributed by atoms with Crippen LogP contribution in [0.4, 0.5) is 5.69 Å². The summed E-state index contributed by atoms with van der Waals surface area (Å²) in [6.45, 7) is 4.69. The second-order valence-electron chi connectivity index (χ2n) is 6.94. The Morgan fingerprint density at radius 2 is 2.07 bits per heavy atom. The van der Waals surface area contributed by atoms with Crippen LogP contribution in [0.5, 0.6) is 11.6 Å². The number of nitrogens with zero attached hydrogens (tertiary/aromatic N) is 2. The minimum Gasteiger partial charge on any atom is -0.493 e. The van der Waals surface area contributed by atoms with Crippen LogP contribution < -0.4 is 21.1 Å². The van der Waals surface area contributed by atoms with Crippen LogP contribution in [0, 0.1) is 0 Å². The Morgan fingerprint density at radius 3 is 2.86 bits per heavy atom. The van der Waals surface area contributed by atoms with Crippen molar-refractivity contribution in [3.63, 3.8) is 0 Å². The predicted molar refractivity (Wildman–Crippen MR) is 107 cm³/mol. The highest BCUT2D eigenvalue weighted by Gasteiger charge is 2.22. The normalized spacial score (nSPS) is 12.8. The molecule has 0 aliphatic carbocycles. The van der Waals surface area contributed by atoms with E-state index >= 15 is 0 Å². The van der Waals surface area contributed by atoms with Crippen LogP contribution in [0.3, 0.4) is 0 Å². The fourth-order valence-electron chi connectivity index (χ4n) is 3.48. The number of aromatic hydroxyl groups is 1. The number of hydrogen-bond donors (Lipinski definition) is 3. The maximum absolute atomic E-state index is 12.2. The summed E-state index contributed by atoms with van der Waals surface area (Å²) in [5.74, 6) is 0.658. The molecule has 1 aliphatic heterocycles. The van der Waals surface area contributed by atoms with E-state index in [2.05, 4.69) is 10.6 Å². The number of amides is 1. The first kappa shape index (κ1) is 20.0. The van der Waals surface area contributed by atoms with Gasteiger partial charge in [0.1, 0.15) is 12.4 Å². The highest BCUT2D eigenvalue weighted by Crippen LogP contribution is 2.24. The third-order valence-electron chi connectivity index (χ3n) is 4.82. The summed E-state index contributed by atoms with van der Waals surface area (Å²) in [5.41, 5.74) is 1.35. The van der Waals surface area contributed by atoms with E-state index in [1.807, 2.05) is 18.2 Å². The quantitative estimate of drug-likeness (QED) is 0.539. The molecule has 1 amide bonds. The summed E-state index contributed by atoms with van der Waals surface area (Å²) in [6.07, 6.45) is 3.42. The van der Waals surface area contributed by atoms with Gasteiger partial charge in [-0.3, -0.25) is 13.9 Å². The SMILES string of the molecule is CC(=O)Nc1ccccc1OCCNCCCCn1c(O)c2n(c1=O)CCC2. The zero-order valence-electron chi connectivity index (χ0n) is 16.2. The molecule has 0 radical (unpaired) electrons. The van der Waals surface area contributed by atoms with Crippen molar-refractivity contribution in [3.8, 4) is 11.6 Å². The molecule has 8 heteroatoms. The third-order valence-corrected chi connectivity index (χ3v) is 4.82. The molecule has 2 aromatic rings. The summed E-state index contributed by atoms with van der Waals surface area (Å²) < 4.78 is 8.89. The molecule has 1 aliphatic rings. The summed E-state index contributed by atoms with van der Waals surface area (Å²) in [5, 5.41) is 16.2. The number of hydrogen-bond acceptors (Lipinski definition) is 5. The van der Waals surface area contributed by atoms with E-state index in [1.165, 1.54) is 11.5 Å². The Labute approximate surface area is 164 Å². The van der Waals surface area contributed by atoms with E-state index in [-0.39, 0.29) is 17.5 Å². The molecule has 0 fully saturated rings. The molecule has 2 heterocycles. The monoisotopic (exact) mass is 388 g/mol. The Hall–Kier alpha value is -2.74. The largest absolute Gasteiger partial charge is 0.493 e. The highest BCUT2D eigenvalue weighted by atomic mass is 16.5. The van der Waals surface area contributed by atoms with Crippen LogP contribution in [0.2, 0.25) is 0 Å². The first-order valence-electron chi connectivity index (χ1n) is 9.79. The lowest BCUT2D eigenvalue weighted by molar-refractivity contribution is -0.114. The zero-order chi connectivity index (χ0) is 19.9. The van der Waals surface area contributed by atoms with Crippen molar-refractivity contribution < 1.29 is 14.6 Å². The summed E-state index contributed by atoms with van der Waals surface area (Å²) >= 11 is 0. The van der Waals surface area contributed by atoms with E-state index in [0.717, 1.165) is 37.9 Å². The molecule has 3 N–H and O–H groups in total. The number of anilines is 1. The number of carbonyl (C=O) groups is 1. The number of unbranched alkanes of at least 4 members (excludes halogenated alkanes) is 1. The number of benzene rings is 1. The minimum absolute atomic E-state index is 0.0933. The molecule has 28 heavy (non-hydrogen) atoms. The lowest BCUT2D eigenvalue weighted by Crippen LogP contribution is -2.25. The number of aromatic nitrogens is 2. The molecule has 0 saturated carbocycles. The number of fused-ring (bicyclic) bond motifs is 1. The van der Waals surface area contributed by atoms with Gasteiger partial charge in [0.2, 0.25) is 11.8 Å². The molecular formula is C20H28N4O4. The minimum atomic E-state index is -0.132. The van der Waals surface area contributed by atoms with Crippen LogP contribution in [0.15, 0.2) is 29.1 Å². The third kappa shape index (κ3) is 4.75. The molecule has 0 atom stereocenters. The smallest absolute Gasteiger partial charge is 0.331 e. The molecule has 152 valence electrons. The number of imidazole rings is 1. The van der Waals surface area contributed by atoms with Crippen LogP contribution in [0.1, 0.15) is 31.9 Å². The van der Waals surface area contributed by atoms with E-state index < -0.39 is 0 Å². The Bertz CT molecular complexity index is 872. The van der Waals surface area contributed by atoms with Crippen molar-refractivity contribution in [3.05, 3.63) is 40.4 Å². The van der Waals surface area contributed by atoms with Crippen molar-refractivity contribution >= 4 is 11.6 Å². The fraction of sp³-hybridized carbons (Fsp3) is 0.500. The summed E-state index contributed by atoms with van der Waals surface area (Å²) in [7, 11) is 0. The van der Waals surface area contributed by atoms with Gasteiger partial charge in [0.05, 0.1) is 11.4 Å². The molecular weight excluding hydrogens is 360 g/mol. The van der Waals surface area contributed by atoms with Gasteiger partial charge in [0.15, 0.2) is 0 Å². The average molecular weight is 388 g/mol. The van der Waals surface area contributed by atoms with Crippen LogP contribution >= 0.6 is 0 Å². The van der Waals surface area contributed by atoms with Crippen molar-refractivity contribution in [1.82, 2.24) is 14.5 Å². The Morgan fingerprint density at radius 1 is 1.25 bits per heavy atom. The fourth-order valence-corrected chi connectivity index (χ4v) is 3.48. The lowest BCUT2D eigenvalue weighted by Gasteiger charge is -2.12. The van der Waals surface area contributed by atoms with Crippen molar-refractivity contribution in [2.24, 2.45) is 0 Å². The van der Waals surface area contributed by atoms with E-state index in [4.69, 9.17) is 4.74 Å². The van der Waals surface area contributed by atoms with Gasteiger partial charge in [-0.25, -0.2) is 4.79 Å². The van der Waals surface area contributed by atoms with Gasteiger partial charge in [-0.1, -0.05) is 12.1 Å². The topological polar surface area (TPSA) is 97.5 Å². The van der Waals surface area contributed by atoms with Gasteiger partial charge in [0, 0.05) is 26.6 Å². The van der Waals surface area contributed by atoms with Gasteiger partial charge >= 0.3 is 5.69 Å². The first-order chi connectivity index (χ1) is 13.6. The van der Waals surface area contributed by atoms with Crippen LogP contribution in [-0.2, 0) is 24.3 Å². The Kier molecular flexibility index (Phi) is 6.76. The maximum Gasteiger partial charge on any atom is 0.331 e. The molecule has 0 unspecified atom stereocenters. The number of nitrogens with one attached hydrogen (secondary N) is 2. The van der Waals surface area contributed by atoms with E-state index in [0.29, 0.717) is 37.7 Å². The van der Waals surface area contributed by atoms with Crippen molar-refractivity contribution in [2.75, 3.05) is 25.0 Å². The molecule has 1 aromatic heterocycles. The standard InChI is InChI=1S/C20H28N4O4/c1-15(25)22-16-7-2-3-9-18(16)28-14-11-21-10-4-5-12-24-19(26)17-8-6-13-23(17)20(24)27/h2-3,7,9,21,26H,4-6,8,10-14H2,1H3,(H,22,25). The van der Waals surface area contributed by atoms with Crippen LogP contribution in [0.25, 0.3) is 0 Å². The van der Waals surface area contributed by atoms with Crippen molar-refractivity contribution in [2.45, 2.75) is 45.7 Å². The van der Waals surface area contributed by atoms with Crippen molar-refractivity contribution in [1.29, 1.82) is 0 Å². The molecule has 0 bridgehead atoms. The highest BCUT2D eigenvalue weighted by molar-refractivity contribution is 5.90.